The van der Waals surface area contributed by atoms with Crippen LogP contribution in [0.25, 0.3) is 5.70 Å². The quantitative estimate of drug-likeness (QED) is 0.393. The van der Waals surface area contributed by atoms with E-state index in [1.54, 1.807) is 11.2 Å². The van der Waals surface area contributed by atoms with E-state index in [1.165, 1.54) is 0 Å². The highest BCUT2D eigenvalue weighted by Crippen LogP contribution is 2.13. The number of rotatable bonds is 3. The van der Waals surface area contributed by atoms with E-state index in [1.807, 2.05) is 38.1 Å². The lowest BCUT2D eigenvalue weighted by molar-refractivity contribution is 0.324. The van der Waals surface area contributed by atoms with Gasteiger partial charge in [-0.05, 0) is 26.0 Å². The van der Waals surface area contributed by atoms with Gasteiger partial charge in [0, 0.05) is 23.5 Å². The van der Waals surface area contributed by atoms with Crippen LogP contribution in [0.4, 0.5) is 5.69 Å². The largest absolute Gasteiger partial charge is 0.399 e. The van der Waals surface area contributed by atoms with Gasteiger partial charge in [-0.1, -0.05) is 12.1 Å². The van der Waals surface area contributed by atoms with Gasteiger partial charge in [0.25, 0.3) is 0 Å². The zero-order chi connectivity index (χ0) is 11.4. The molecule has 1 rings (SSSR count). The Hall–Kier alpha value is -1.68. The molecule has 82 valence electrons. The fraction of sp³-hybridized carbons (Fsp3) is 0.273. The molecule has 0 radical (unpaired) electrons. The van der Waals surface area contributed by atoms with Crippen LogP contribution in [-0.2, 0) is 0 Å². The third kappa shape index (κ3) is 3.18. The van der Waals surface area contributed by atoms with Crippen LogP contribution in [0.15, 0.2) is 30.5 Å². The number of nitrogens with two attached hydrogens (primary N) is 3. The Bertz CT molecular complexity index is 357. The first kappa shape index (κ1) is 11.4. The van der Waals surface area contributed by atoms with Crippen molar-refractivity contribution < 1.29 is 0 Å². The normalized spacial score (nSPS) is 11.9. The second-order valence-electron chi connectivity index (χ2n) is 3.75. The average Bonchev–Trinajstić information content (AvgIpc) is 2.17. The molecule has 1 aromatic carbocycles. The predicted molar refractivity (Wildman–Crippen MR) is 64.2 cm³/mol. The maximum Gasteiger partial charge on any atom is 0.0565 e. The van der Waals surface area contributed by atoms with Crippen molar-refractivity contribution in [1.82, 2.24) is 5.01 Å². The number of nitrogens with zero attached hydrogens (tertiary/aromatic N) is 1. The second-order valence-corrected chi connectivity index (χ2v) is 3.75. The van der Waals surface area contributed by atoms with Gasteiger partial charge in [0.1, 0.15) is 0 Å². The summed E-state index contributed by atoms with van der Waals surface area (Å²) in [7, 11) is 0. The number of benzene rings is 1. The van der Waals surface area contributed by atoms with Gasteiger partial charge in [-0.2, -0.15) is 0 Å². The molecule has 15 heavy (non-hydrogen) atoms. The maximum atomic E-state index is 5.89. The second kappa shape index (κ2) is 4.70. The van der Waals surface area contributed by atoms with Crippen molar-refractivity contribution in [1.29, 1.82) is 0 Å². The SMILES string of the molecule is CC(C)N(N)/C=C(\N)c1cccc(N)c1. The molecule has 0 spiro atoms. The van der Waals surface area contributed by atoms with Crippen molar-refractivity contribution >= 4 is 11.4 Å². The van der Waals surface area contributed by atoms with Gasteiger partial charge in [-0.25, -0.2) is 5.84 Å². The smallest absolute Gasteiger partial charge is 0.0565 e. The standard InChI is InChI=1S/C11H18N4/c1-8(2)15(14)7-11(13)9-4-3-5-10(12)6-9/h3-8H,12-14H2,1-2H3/b11-7-. The molecular formula is C11H18N4. The van der Waals surface area contributed by atoms with Gasteiger partial charge in [-0.3, -0.25) is 0 Å². The van der Waals surface area contributed by atoms with E-state index in [4.69, 9.17) is 17.3 Å². The molecular weight excluding hydrogens is 188 g/mol. The highest BCUT2D eigenvalue weighted by Gasteiger charge is 2.02. The van der Waals surface area contributed by atoms with Gasteiger partial charge in [0.05, 0.1) is 5.70 Å². The van der Waals surface area contributed by atoms with E-state index in [9.17, 15) is 0 Å². The highest BCUT2D eigenvalue weighted by molar-refractivity contribution is 5.65. The van der Waals surface area contributed by atoms with Gasteiger partial charge >= 0.3 is 0 Å². The lowest BCUT2D eigenvalue weighted by Gasteiger charge is -2.19. The summed E-state index contributed by atoms with van der Waals surface area (Å²) in [6, 6.07) is 7.61. The minimum Gasteiger partial charge on any atom is -0.399 e. The lowest BCUT2D eigenvalue weighted by atomic mass is 10.1. The molecule has 0 saturated heterocycles. The van der Waals surface area contributed by atoms with Gasteiger partial charge in [-0.15, -0.1) is 0 Å². The van der Waals surface area contributed by atoms with E-state index in [0.717, 1.165) is 5.56 Å². The van der Waals surface area contributed by atoms with Crippen molar-refractivity contribution in [2.45, 2.75) is 19.9 Å². The Morgan fingerprint density at radius 3 is 2.60 bits per heavy atom. The Balaban J connectivity index is 2.89. The van der Waals surface area contributed by atoms with Gasteiger partial charge < -0.3 is 16.5 Å². The summed E-state index contributed by atoms with van der Waals surface area (Å²) in [5.74, 6) is 5.74. The summed E-state index contributed by atoms with van der Waals surface area (Å²) in [6.07, 6.45) is 1.71. The summed E-state index contributed by atoms with van der Waals surface area (Å²) in [5, 5.41) is 1.57. The maximum absolute atomic E-state index is 5.89. The summed E-state index contributed by atoms with van der Waals surface area (Å²) in [4.78, 5) is 0. The number of nitrogen functional groups attached to an aromatic ring is 1. The molecule has 4 heteroatoms. The van der Waals surface area contributed by atoms with Crippen LogP contribution in [0.3, 0.4) is 0 Å². The fourth-order valence-corrected chi connectivity index (χ4v) is 1.10. The van der Waals surface area contributed by atoms with Crippen LogP contribution in [0.1, 0.15) is 19.4 Å². The first-order valence-corrected chi connectivity index (χ1v) is 4.87. The zero-order valence-corrected chi connectivity index (χ0v) is 9.14. The molecule has 4 nitrogen and oxygen atoms in total. The van der Waals surface area contributed by atoms with E-state index >= 15 is 0 Å². The number of hydrogen-bond donors (Lipinski definition) is 3. The van der Waals surface area contributed by atoms with Gasteiger partial charge in [0.2, 0.25) is 0 Å². The summed E-state index contributed by atoms with van der Waals surface area (Å²) in [5.41, 5.74) is 13.7. The minimum atomic E-state index is 0.213. The Morgan fingerprint density at radius 2 is 2.07 bits per heavy atom. The molecule has 0 atom stereocenters. The molecule has 1 aromatic rings. The number of hydrogen-bond acceptors (Lipinski definition) is 4. The third-order valence-corrected chi connectivity index (χ3v) is 2.10. The molecule has 0 unspecified atom stereocenters. The number of anilines is 1. The average molecular weight is 206 g/mol. The van der Waals surface area contributed by atoms with E-state index in [0.29, 0.717) is 11.4 Å². The summed E-state index contributed by atoms with van der Waals surface area (Å²) >= 11 is 0. The Kier molecular flexibility index (Phi) is 3.57. The zero-order valence-electron chi connectivity index (χ0n) is 9.14. The van der Waals surface area contributed by atoms with Crippen molar-refractivity contribution in [2.24, 2.45) is 11.6 Å². The predicted octanol–water partition coefficient (Wildman–Crippen LogP) is 1.11. The molecule has 0 heterocycles. The monoisotopic (exact) mass is 206 g/mol. The van der Waals surface area contributed by atoms with E-state index < -0.39 is 0 Å². The topological polar surface area (TPSA) is 81.3 Å². The molecule has 0 amide bonds. The van der Waals surface area contributed by atoms with Crippen molar-refractivity contribution in [3.8, 4) is 0 Å². The molecule has 6 N–H and O–H groups in total. The first-order valence-electron chi connectivity index (χ1n) is 4.87. The van der Waals surface area contributed by atoms with Crippen LogP contribution in [0.5, 0.6) is 0 Å². The van der Waals surface area contributed by atoms with E-state index in [2.05, 4.69) is 0 Å². The van der Waals surface area contributed by atoms with Crippen molar-refractivity contribution in [3.63, 3.8) is 0 Å². The summed E-state index contributed by atoms with van der Waals surface area (Å²) < 4.78 is 0. The van der Waals surface area contributed by atoms with Crippen LogP contribution in [-0.4, -0.2) is 11.1 Å². The van der Waals surface area contributed by atoms with Crippen LogP contribution >= 0.6 is 0 Å². The Morgan fingerprint density at radius 1 is 1.40 bits per heavy atom. The molecule has 0 aliphatic carbocycles. The minimum absolute atomic E-state index is 0.213. The molecule has 0 aliphatic heterocycles. The molecule has 0 fully saturated rings. The molecule has 0 aliphatic rings. The lowest BCUT2D eigenvalue weighted by Crippen LogP contribution is -2.32. The fourth-order valence-electron chi connectivity index (χ4n) is 1.10. The molecule has 0 saturated carbocycles. The first-order chi connectivity index (χ1) is 7.00. The molecule has 0 bridgehead atoms. The van der Waals surface area contributed by atoms with Crippen molar-refractivity contribution in [3.05, 3.63) is 36.0 Å². The van der Waals surface area contributed by atoms with Crippen LogP contribution in [0, 0.1) is 0 Å². The van der Waals surface area contributed by atoms with Crippen molar-refractivity contribution in [2.75, 3.05) is 5.73 Å². The molecule has 0 aromatic heterocycles. The van der Waals surface area contributed by atoms with Crippen LogP contribution in [0.2, 0.25) is 0 Å². The summed E-state index contributed by atoms with van der Waals surface area (Å²) in [6.45, 7) is 3.98. The Labute approximate surface area is 90.3 Å². The van der Waals surface area contributed by atoms with Gasteiger partial charge in [0.15, 0.2) is 0 Å². The third-order valence-electron chi connectivity index (χ3n) is 2.10. The van der Waals surface area contributed by atoms with E-state index in [-0.39, 0.29) is 6.04 Å². The van der Waals surface area contributed by atoms with Crippen LogP contribution < -0.4 is 17.3 Å². The highest BCUT2D eigenvalue weighted by atomic mass is 15.4. The number of hydrazine groups is 1.